The summed E-state index contributed by atoms with van der Waals surface area (Å²) < 4.78 is 13.8. The molecule has 5 heteroatoms. The quantitative estimate of drug-likeness (QED) is 0.755. The number of hydrogen-bond donors (Lipinski definition) is 1. The summed E-state index contributed by atoms with van der Waals surface area (Å²) >= 11 is 6.78. The minimum Gasteiger partial charge on any atom is -0.481 e. The molecule has 0 bridgehead atoms. The van der Waals surface area contributed by atoms with Crippen molar-refractivity contribution in [1.82, 2.24) is 0 Å². The molecule has 0 aromatic heterocycles. The summed E-state index contributed by atoms with van der Waals surface area (Å²) in [5.41, 5.74) is 1.83. The molecule has 2 nitrogen and oxygen atoms in total. The highest BCUT2D eigenvalue weighted by Crippen LogP contribution is 2.27. The fraction of sp³-hybridized carbons (Fsp3) is 0.462. The first-order chi connectivity index (χ1) is 8.49. The SMILES string of the molecule is Cc1c(F)cc(C(CBr)CCBr)cc1CC(=O)O. The van der Waals surface area contributed by atoms with Gasteiger partial charge in [-0.05, 0) is 42.0 Å². The molecule has 0 heterocycles. The largest absolute Gasteiger partial charge is 0.481 e. The van der Waals surface area contributed by atoms with Crippen molar-refractivity contribution in [3.63, 3.8) is 0 Å². The van der Waals surface area contributed by atoms with E-state index in [0.717, 1.165) is 22.6 Å². The fourth-order valence-corrected chi connectivity index (χ4v) is 3.06. The van der Waals surface area contributed by atoms with Crippen LogP contribution in [-0.2, 0) is 11.2 Å². The van der Waals surface area contributed by atoms with Crippen molar-refractivity contribution in [2.45, 2.75) is 25.7 Å². The van der Waals surface area contributed by atoms with E-state index >= 15 is 0 Å². The van der Waals surface area contributed by atoms with E-state index in [2.05, 4.69) is 31.9 Å². The average Bonchev–Trinajstić information content (AvgIpc) is 2.31. The monoisotopic (exact) mass is 380 g/mol. The number of aliphatic carboxylic acids is 1. The van der Waals surface area contributed by atoms with Gasteiger partial charge in [0.1, 0.15) is 5.82 Å². The molecule has 1 rings (SSSR count). The first-order valence-electron chi connectivity index (χ1n) is 5.62. The maximum atomic E-state index is 13.8. The summed E-state index contributed by atoms with van der Waals surface area (Å²) in [7, 11) is 0. The first kappa shape index (κ1) is 15.6. The van der Waals surface area contributed by atoms with Gasteiger partial charge in [-0.15, -0.1) is 0 Å². The van der Waals surface area contributed by atoms with Crippen LogP contribution in [0, 0.1) is 12.7 Å². The van der Waals surface area contributed by atoms with Crippen molar-refractivity contribution in [1.29, 1.82) is 0 Å². The molecule has 0 fully saturated rings. The predicted octanol–water partition coefficient (Wildman–Crippen LogP) is 4.02. The normalized spacial score (nSPS) is 12.4. The second-order valence-electron chi connectivity index (χ2n) is 4.19. The number of alkyl halides is 2. The van der Waals surface area contributed by atoms with Gasteiger partial charge in [-0.2, -0.15) is 0 Å². The van der Waals surface area contributed by atoms with E-state index in [-0.39, 0.29) is 18.2 Å². The van der Waals surface area contributed by atoms with Crippen LogP contribution in [0.1, 0.15) is 29.0 Å². The van der Waals surface area contributed by atoms with Gasteiger partial charge in [-0.3, -0.25) is 4.79 Å². The molecule has 1 unspecified atom stereocenters. The molecule has 1 N–H and O–H groups in total. The van der Waals surface area contributed by atoms with Crippen molar-refractivity contribution >= 4 is 37.8 Å². The van der Waals surface area contributed by atoms with Crippen LogP contribution in [0.25, 0.3) is 0 Å². The second kappa shape index (κ2) is 7.24. The van der Waals surface area contributed by atoms with Crippen LogP contribution >= 0.6 is 31.9 Å². The maximum Gasteiger partial charge on any atom is 0.307 e. The van der Waals surface area contributed by atoms with Crippen LogP contribution < -0.4 is 0 Å². The highest BCUT2D eigenvalue weighted by Gasteiger charge is 2.15. The zero-order valence-corrected chi connectivity index (χ0v) is 13.2. The number of carbonyl (C=O) groups is 1. The van der Waals surface area contributed by atoms with Gasteiger partial charge in [0.25, 0.3) is 0 Å². The second-order valence-corrected chi connectivity index (χ2v) is 5.63. The molecule has 0 aliphatic carbocycles. The lowest BCUT2D eigenvalue weighted by Crippen LogP contribution is -2.08. The van der Waals surface area contributed by atoms with E-state index in [0.29, 0.717) is 11.1 Å². The van der Waals surface area contributed by atoms with E-state index in [4.69, 9.17) is 5.11 Å². The van der Waals surface area contributed by atoms with Crippen LogP contribution in [0.5, 0.6) is 0 Å². The number of halogens is 3. The van der Waals surface area contributed by atoms with Gasteiger partial charge in [0.2, 0.25) is 0 Å². The molecule has 0 aliphatic rings. The lowest BCUT2D eigenvalue weighted by molar-refractivity contribution is -0.136. The van der Waals surface area contributed by atoms with Gasteiger partial charge < -0.3 is 5.11 Å². The number of carboxylic acid groups (broad SMARTS) is 1. The Balaban J connectivity index is 3.13. The van der Waals surface area contributed by atoms with Gasteiger partial charge in [0.05, 0.1) is 6.42 Å². The highest BCUT2D eigenvalue weighted by atomic mass is 79.9. The number of rotatable bonds is 6. The Kier molecular flexibility index (Phi) is 6.29. The minimum absolute atomic E-state index is 0.139. The Morgan fingerprint density at radius 3 is 2.61 bits per heavy atom. The van der Waals surface area contributed by atoms with Crippen LogP contribution in [0.2, 0.25) is 0 Å². The van der Waals surface area contributed by atoms with Crippen LogP contribution in [0.4, 0.5) is 4.39 Å². The van der Waals surface area contributed by atoms with Crippen LogP contribution in [0.3, 0.4) is 0 Å². The van der Waals surface area contributed by atoms with Gasteiger partial charge >= 0.3 is 5.97 Å². The van der Waals surface area contributed by atoms with Crippen LogP contribution in [-0.4, -0.2) is 21.7 Å². The molecule has 0 aliphatic heterocycles. The number of hydrogen-bond acceptors (Lipinski definition) is 1. The van der Waals surface area contributed by atoms with Crippen LogP contribution in [0.15, 0.2) is 12.1 Å². The molecular formula is C13H15Br2FO2. The van der Waals surface area contributed by atoms with E-state index in [1.165, 1.54) is 6.07 Å². The molecule has 1 aromatic rings. The van der Waals surface area contributed by atoms with Gasteiger partial charge in [0.15, 0.2) is 0 Å². The topological polar surface area (TPSA) is 37.3 Å². The van der Waals surface area contributed by atoms with E-state index in [1.54, 1.807) is 13.0 Å². The van der Waals surface area contributed by atoms with Crippen molar-refractivity contribution in [3.8, 4) is 0 Å². The smallest absolute Gasteiger partial charge is 0.307 e. The zero-order chi connectivity index (χ0) is 13.7. The third kappa shape index (κ3) is 4.05. The number of carboxylic acids is 1. The summed E-state index contributed by atoms with van der Waals surface area (Å²) in [5.74, 6) is -1.08. The van der Waals surface area contributed by atoms with Crippen molar-refractivity contribution in [3.05, 3.63) is 34.6 Å². The molecule has 0 saturated heterocycles. The molecule has 0 spiro atoms. The van der Waals surface area contributed by atoms with E-state index < -0.39 is 5.97 Å². The summed E-state index contributed by atoms with van der Waals surface area (Å²) in [6.45, 7) is 1.62. The van der Waals surface area contributed by atoms with Crippen molar-refractivity contribution < 1.29 is 14.3 Å². The molecule has 100 valence electrons. The summed E-state index contributed by atoms with van der Waals surface area (Å²) in [6, 6.07) is 3.32. The zero-order valence-electron chi connectivity index (χ0n) is 10.0. The Hall–Kier alpha value is -0.420. The fourth-order valence-electron chi connectivity index (χ4n) is 1.81. The molecule has 1 atom stereocenters. The summed E-state index contributed by atoms with van der Waals surface area (Å²) in [6.07, 6.45) is 0.736. The summed E-state index contributed by atoms with van der Waals surface area (Å²) in [5, 5.41) is 10.4. The Morgan fingerprint density at radius 1 is 1.44 bits per heavy atom. The Morgan fingerprint density at radius 2 is 2.11 bits per heavy atom. The molecule has 0 radical (unpaired) electrons. The summed E-state index contributed by atoms with van der Waals surface area (Å²) in [4.78, 5) is 10.8. The highest BCUT2D eigenvalue weighted by molar-refractivity contribution is 9.09. The molecule has 18 heavy (non-hydrogen) atoms. The third-order valence-electron chi connectivity index (χ3n) is 2.93. The standard InChI is InChI=1S/C13H15Br2FO2/c1-8-10(6-13(17)18)4-11(5-12(8)16)9(7-15)2-3-14/h4-5,9H,2-3,6-7H2,1H3,(H,17,18). The average molecular weight is 382 g/mol. The predicted molar refractivity (Wildman–Crippen MR) is 77.4 cm³/mol. The van der Waals surface area contributed by atoms with Gasteiger partial charge in [-0.1, -0.05) is 37.9 Å². The first-order valence-corrected chi connectivity index (χ1v) is 7.86. The molecule has 1 aromatic carbocycles. The molecule has 0 saturated carbocycles. The van der Waals surface area contributed by atoms with Gasteiger partial charge in [0, 0.05) is 10.7 Å². The minimum atomic E-state index is -0.939. The lowest BCUT2D eigenvalue weighted by Gasteiger charge is -2.16. The molecular weight excluding hydrogens is 367 g/mol. The van der Waals surface area contributed by atoms with Crippen molar-refractivity contribution in [2.24, 2.45) is 0 Å². The Bertz CT molecular complexity index is 435. The number of benzene rings is 1. The Labute approximate surface area is 123 Å². The van der Waals surface area contributed by atoms with Crippen molar-refractivity contribution in [2.75, 3.05) is 10.7 Å². The third-order valence-corrected chi connectivity index (χ3v) is 4.17. The van der Waals surface area contributed by atoms with Gasteiger partial charge in [-0.25, -0.2) is 4.39 Å². The maximum absolute atomic E-state index is 13.8. The molecule has 0 amide bonds. The lowest BCUT2D eigenvalue weighted by atomic mass is 9.93. The van der Waals surface area contributed by atoms with E-state index in [9.17, 15) is 9.18 Å². The van der Waals surface area contributed by atoms with E-state index in [1.807, 2.05) is 0 Å².